The van der Waals surface area contributed by atoms with E-state index in [1.54, 1.807) is 0 Å². The maximum absolute atomic E-state index is 11.9. The lowest BCUT2D eigenvalue weighted by atomic mass is 9.86. The maximum atomic E-state index is 11.9. The van der Waals surface area contributed by atoms with Gasteiger partial charge in [-0.25, -0.2) is 4.79 Å². The topological polar surface area (TPSA) is 55.4 Å². The molecule has 1 N–H and O–H groups in total. The first-order chi connectivity index (χ1) is 6.83. The van der Waals surface area contributed by atoms with Crippen molar-refractivity contribution in [1.29, 1.82) is 0 Å². The molecule has 84 valence electrons. The van der Waals surface area contributed by atoms with Gasteiger partial charge in [0, 0.05) is 12.5 Å². The van der Waals surface area contributed by atoms with Gasteiger partial charge in [-0.05, 0) is 33.6 Å². The molecule has 0 aliphatic carbocycles. The number of carbonyl (C=O) groups excluding carboxylic acids is 2. The molecule has 2 saturated heterocycles. The summed E-state index contributed by atoms with van der Waals surface area (Å²) in [5, 5.41) is 3.09. The third kappa shape index (κ3) is 1.67. The quantitative estimate of drug-likeness (QED) is 0.514. The van der Waals surface area contributed by atoms with Gasteiger partial charge in [0.15, 0.2) is 11.3 Å². The van der Waals surface area contributed by atoms with Gasteiger partial charge < -0.3 is 4.74 Å². The van der Waals surface area contributed by atoms with Crippen molar-refractivity contribution in [2.75, 3.05) is 0 Å². The van der Waals surface area contributed by atoms with Gasteiger partial charge in [-0.2, -0.15) is 0 Å². The average Bonchev–Trinajstić information content (AvgIpc) is 2.58. The monoisotopic (exact) mass is 211 g/mol. The molecule has 2 heterocycles. The van der Waals surface area contributed by atoms with E-state index in [0.717, 1.165) is 6.42 Å². The number of hydrogen-bond acceptors (Lipinski definition) is 4. The van der Waals surface area contributed by atoms with Gasteiger partial charge in [0.1, 0.15) is 5.60 Å². The van der Waals surface area contributed by atoms with Crippen LogP contribution in [0.4, 0.5) is 0 Å². The summed E-state index contributed by atoms with van der Waals surface area (Å²) in [6, 6.07) is 0.185. The molecule has 0 aromatic carbocycles. The Kier molecular flexibility index (Phi) is 2.15. The van der Waals surface area contributed by atoms with Crippen LogP contribution in [0.2, 0.25) is 0 Å². The van der Waals surface area contributed by atoms with Crippen LogP contribution in [-0.2, 0) is 14.3 Å². The zero-order chi connectivity index (χ0) is 11.3. The lowest BCUT2D eigenvalue weighted by Crippen LogP contribution is -2.52. The SMILES string of the molecule is CC(C)(C)OC(=O)[C@@]12CCC(CC1=O)N2. The number of Topliss-reactive ketones (excluding diaryl/α,β-unsaturated/α-hetero) is 1. The summed E-state index contributed by atoms with van der Waals surface area (Å²) in [5.41, 5.74) is -1.55. The molecule has 4 heteroatoms. The molecule has 2 atom stereocenters. The highest BCUT2D eigenvalue weighted by molar-refractivity contribution is 6.11. The lowest BCUT2D eigenvalue weighted by Gasteiger charge is -2.28. The first-order valence-electron chi connectivity index (χ1n) is 5.38. The highest BCUT2D eigenvalue weighted by Crippen LogP contribution is 2.36. The summed E-state index contributed by atoms with van der Waals surface area (Å²) in [5.74, 6) is -0.409. The number of nitrogens with one attached hydrogen (secondary N) is 1. The van der Waals surface area contributed by atoms with Crippen molar-refractivity contribution < 1.29 is 14.3 Å². The van der Waals surface area contributed by atoms with Crippen molar-refractivity contribution in [2.45, 2.75) is 57.2 Å². The summed E-state index contributed by atoms with van der Waals surface area (Å²) in [7, 11) is 0. The molecule has 2 bridgehead atoms. The molecule has 0 amide bonds. The molecule has 0 spiro atoms. The predicted octanol–water partition coefficient (Wildman–Crippen LogP) is 0.792. The molecule has 0 aromatic heterocycles. The summed E-state index contributed by atoms with van der Waals surface area (Å²) in [4.78, 5) is 23.7. The second kappa shape index (κ2) is 3.04. The van der Waals surface area contributed by atoms with Crippen LogP contribution in [0.5, 0.6) is 0 Å². The second-order valence-corrected chi connectivity index (χ2v) is 5.41. The molecule has 0 radical (unpaired) electrons. The molecule has 0 saturated carbocycles. The molecule has 1 unspecified atom stereocenters. The largest absolute Gasteiger partial charge is 0.458 e. The van der Waals surface area contributed by atoms with Crippen molar-refractivity contribution in [3.63, 3.8) is 0 Å². The highest BCUT2D eigenvalue weighted by atomic mass is 16.6. The zero-order valence-electron chi connectivity index (χ0n) is 9.42. The number of hydrogen-bond donors (Lipinski definition) is 1. The van der Waals surface area contributed by atoms with Gasteiger partial charge >= 0.3 is 5.97 Å². The van der Waals surface area contributed by atoms with E-state index in [0.29, 0.717) is 12.8 Å². The molecule has 2 rings (SSSR count). The molecule has 15 heavy (non-hydrogen) atoms. The lowest BCUT2D eigenvalue weighted by molar-refractivity contribution is -0.164. The fourth-order valence-corrected chi connectivity index (χ4v) is 2.29. The summed E-state index contributed by atoms with van der Waals surface area (Å²) in [6.45, 7) is 5.44. The van der Waals surface area contributed by atoms with E-state index < -0.39 is 17.1 Å². The number of ketones is 1. The summed E-state index contributed by atoms with van der Waals surface area (Å²) < 4.78 is 5.29. The van der Waals surface area contributed by atoms with Gasteiger partial charge in [0.05, 0.1) is 0 Å². The Labute approximate surface area is 89.4 Å². The molecule has 2 aliphatic rings. The van der Waals surface area contributed by atoms with E-state index >= 15 is 0 Å². The van der Waals surface area contributed by atoms with E-state index in [2.05, 4.69) is 5.32 Å². The summed E-state index contributed by atoms with van der Waals surface area (Å²) >= 11 is 0. The van der Waals surface area contributed by atoms with Crippen LogP contribution in [0.15, 0.2) is 0 Å². The van der Waals surface area contributed by atoms with Crippen LogP contribution < -0.4 is 5.32 Å². The Morgan fingerprint density at radius 1 is 1.53 bits per heavy atom. The van der Waals surface area contributed by atoms with E-state index in [-0.39, 0.29) is 11.8 Å². The third-order valence-electron chi connectivity index (χ3n) is 2.97. The Balaban J connectivity index is 2.16. The Bertz CT molecular complexity index is 318. The van der Waals surface area contributed by atoms with Crippen LogP contribution in [0.3, 0.4) is 0 Å². The van der Waals surface area contributed by atoms with Gasteiger partial charge in [-0.15, -0.1) is 0 Å². The number of ether oxygens (including phenoxy) is 1. The van der Waals surface area contributed by atoms with Crippen LogP contribution in [-0.4, -0.2) is 28.9 Å². The zero-order valence-corrected chi connectivity index (χ0v) is 9.42. The van der Waals surface area contributed by atoms with Crippen molar-refractivity contribution >= 4 is 11.8 Å². The molecule has 2 fully saturated rings. The van der Waals surface area contributed by atoms with E-state index in [9.17, 15) is 9.59 Å². The van der Waals surface area contributed by atoms with Crippen LogP contribution >= 0.6 is 0 Å². The van der Waals surface area contributed by atoms with E-state index in [4.69, 9.17) is 4.74 Å². The third-order valence-corrected chi connectivity index (χ3v) is 2.97. The molecule has 2 aliphatic heterocycles. The maximum Gasteiger partial charge on any atom is 0.334 e. The first-order valence-corrected chi connectivity index (χ1v) is 5.38. The van der Waals surface area contributed by atoms with Gasteiger partial charge in [0.2, 0.25) is 0 Å². The fourth-order valence-electron chi connectivity index (χ4n) is 2.29. The van der Waals surface area contributed by atoms with Crippen molar-refractivity contribution in [2.24, 2.45) is 0 Å². The number of carbonyl (C=O) groups is 2. The molecular formula is C11H17NO3. The van der Waals surface area contributed by atoms with Crippen molar-refractivity contribution in [1.82, 2.24) is 5.32 Å². The summed E-state index contributed by atoms with van der Waals surface area (Å²) in [6.07, 6.45) is 1.95. The fraction of sp³-hybridized carbons (Fsp3) is 0.818. The Morgan fingerprint density at radius 2 is 2.20 bits per heavy atom. The Morgan fingerprint density at radius 3 is 2.60 bits per heavy atom. The number of rotatable bonds is 1. The van der Waals surface area contributed by atoms with Crippen LogP contribution in [0, 0.1) is 0 Å². The van der Waals surface area contributed by atoms with E-state index in [1.807, 2.05) is 20.8 Å². The standard InChI is InChI=1S/C11H17NO3/c1-10(2,3)15-9(14)11-5-4-7(12-11)6-8(11)13/h7,12H,4-6H2,1-3H3/t7?,11-/m1/s1. The normalized spacial score (nSPS) is 34.6. The van der Waals surface area contributed by atoms with Gasteiger partial charge in [0.25, 0.3) is 0 Å². The predicted molar refractivity (Wildman–Crippen MR) is 54.4 cm³/mol. The minimum atomic E-state index is -1.02. The van der Waals surface area contributed by atoms with Gasteiger partial charge in [-0.1, -0.05) is 0 Å². The van der Waals surface area contributed by atoms with Crippen LogP contribution in [0.1, 0.15) is 40.0 Å². The number of esters is 1. The smallest absolute Gasteiger partial charge is 0.334 e. The minimum absolute atomic E-state index is 0.00648. The number of fused-ring (bicyclic) bond motifs is 2. The van der Waals surface area contributed by atoms with Crippen molar-refractivity contribution in [3.05, 3.63) is 0 Å². The molecule has 0 aromatic rings. The average molecular weight is 211 g/mol. The molecule has 4 nitrogen and oxygen atoms in total. The second-order valence-electron chi connectivity index (χ2n) is 5.41. The van der Waals surface area contributed by atoms with Crippen LogP contribution in [0.25, 0.3) is 0 Å². The molecular weight excluding hydrogens is 194 g/mol. The minimum Gasteiger partial charge on any atom is -0.458 e. The van der Waals surface area contributed by atoms with Gasteiger partial charge in [-0.3, -0.25) is 10.1 Å². The van der Waals surface area contributed by atoms with E-state index in [1.165, 1.54) is 0 Å². The first kappa shape index (κ1) is 10.6. The highest BCUT2D eigenvalue weighted by Gasteiger charge is 2.58. The Hall–Kier alpha value is -0.900. The van der Waals surface area contributed by atoms with Crippen molar-refractivity contribution in [3.8, 4) is 0 Å².